The third kappa shape index (κ3) is 1.96. The Balaban J connectivity index is 3.14. The van der Waals surface area contributed by atoms with Crippen molar-refractivity contribution in [3.63, 3.8) is 0 Å². The molecular weight excluding hydrogens is 171 g/mol. The van der Waals surface area contributed by atoms with E-state index in [1.165, 1.54) is 13.2 Å². The Kier molecular flexibility index (Phi) is 3.22. The van der Waals surface area contributed by atoms with Gasteiger partial charge < -0.3 is 16.2 Å². The van der Waals surface area contributed by atoms with E-state index in [1.54, 1.807) is 12.1 Å². The SMILES string of the molecule is COc1cccc(F)c1[C@@H](N)CN. The van der Waals surface area contributed by atoms with Crippen molar-refractivity contribution < 1.29 is 9.13 Å². The average Bonchev–Trinajstić information content (AvgIpc) is 2.16. The van der Waals surface area contributed by atoms with Gasteiger partial charge in [0.15, 0.2) is 0 Å². The van der Waals surface area contributed by atoms with E-state index in [2.05, 4.69) is 0 Å². The molecule has 72 valence electrons. The molecule has 0 unspecified atom stereocenters. The molecule has 0 amide bonds. The fourth-order valence-electron chi connectivity index (χ4n) is 1.17. The van der Waals surface area contributed by atoms with Crippen LogP contribution in [0.25, 0.3) is 0 Å². The fourth-order valence-corrected chi connectivity index (χ4v) is 1.17. The topological polar surface area (TPSA) is 61.3 Å². The normalized spacial score (nSPS) is 12.6. The molecule has 0 fully saturated rings. The lowest BCUT2D eigenvalue weighted by Gasteiger charge is -2.14. The highest BCUT2D eigenvalue weighted by Gasteiger charge is 2.14. The van der Waals surface area contributed by atoms with E-state index >= 15 is 0 Å². The van der Waals surface area contributed by atoms with Gasteiger partial charge in [0.25, 0.3) is 0 Å². The predicted molar refractivity (Wildman–Crippen MR) is 48.9 cm³/mol. The quantitative estimate of drug-likeness (QED) is 0.730. The number of hydrogen-bond donors (Lipinski definition) is 2. The van der Waals surface area contributed by atoms with Crippen molar-refractivity contribution in [3.05, 3.63) is 29.6 Å². The first kappa shape index (κ1) is 9.95. The molecule has 1 aromatic rings. The Morgan fingerprint density at radius 2 is 2.23 bits per heavy atom. The number of halogens is 1. The second-order valence-electron chi connectivity index (χ2n) is 2.70. The summed E-state index contributed by atoms with van der Waals surface area (Å²) in [6.45, 7) is 0.192. The van der Waals surface area contributed by atoms with Crippen molar-refractivity contribution in [2.45, 2.75) is 6.04 Å². The molecule has 0 radical (unpaired) electrons. The second kappa shape index (κ2) is 4.20. The van der Waals surface area contributed by atoms with Crippen molar-refractivity contribution in [2.75, 3.05) is 13.7 Å². The van der Waals surface area contributed by atoms with Gasteiger partial charge in [-0.3, -0.25) is 0 Å². The number of hydrogen-bond acceptors (Lipinski definition) is 3. The molecule has 4 heteroatoms. The van der Waals surface area contributed by atoms with E-state index in [4.69, 9.17) is 16.2 Å². The molecule has 1 atom stereocenters. The molecule has 0 aromatic heterocycles. The summed E-state index contributed by atoms with van der Waals surface area (Å²) >= 11 is 0. The maximum absolute atomic E-state index is 13.3. The van der Waals surface area contributed by atoms with E-state index in [0.29, 0.717) is 11.3 Å². The van der Waals surface area contributed by atoms with Gasteiger partial charge in [-0.25, -0.2) is 4.39 Å². The molecule has 4 N–H and O–H groups in total. The van der Waals surface area contributed by atoms with Gasteiger partial charge in [0.05, 0.1) is 7.11 Å². The minimum atomic E-state index is -0.517. The van der Waals surface area contributed by atoms with Crippen molar-refractivity contribution >= 4 is 0 Å². The Bertz CT molecular complexity index is 291. The van der Waals surface area contributed by atoms with Crippen LogP contribution < -0.4 is 16.2 Å². The van der Waals surface area contributed by atoms with Crippen LogP contribution in [-0.2, 0) is 0 Å². The van der Waals surface area contributed by atoms with E-state index in [-0.39, 0.29) is 12.4 Å². The van der Waals surface area contributed by atoms with Gasteiger partial charge in [0, 0.05) is 18.2 Å². The number of methoxy groups -OCH3 is 1. The molecule has 0 saturated heterocycles. The maximum atomic E-state index is 13.3. The summed E-state index contributed by atoms with van der Waals surface area (Å²) in [5.41, 5.74) is 11.3. The molecule has 0 spiro atoms. The van der Waals surface area contributed by atoms with Crippen molar-refractivity contribution in [1.29, 1.82) is 0 Å². The van der Waals surface area contributed by atoms with Crippen molar-refractivity contribution in [1.82, 2.24) is 0 Å². The molecule has 0 heterocycles. The average molecular weight is 184 g/mol. The van der Waals surface area contributed by atoms with Crippen molar-refractivity contribution in [3.8, 4) is 5.75 Å². The summed E-state index contributed by atoms with van der Waals surface area (Å²) in [5.74, 6) is 0.0650. The van der Waals surface area contributed by atoms with E-state index in [0.717, 1.165) is 0 Å². The zero-order valence-electron chi connectivity index (χ0n) is 7.46. The summed E-state index contributed by atoms with van der Waals surface area (Å²) < 4.78 is 18.2. The summed E-state index contributed by atoms with van der Waals surface area (Å²) in [7, 11) is 1.47. The molecule has 3 nitrogen and oxygen atoms in total. The van der Waals surface area contributed by atoms with Gasteiger partial charge in [0.2, 0.25) is 0 Å². The Hall–Kier alpha value is -1.13. The molecule has 1 aromatic carbocycles. The van der Waals surface area contributed by atoms with Gasteiger partial charge in [-0.15, -0.1) is 0 Å². The fraction of sp³-hybridized carbons (Fsp3) is 0.333. The minimum Gasteiger partial charge on any atom is -0.496 e. The smallest absolute Gasteiger partial charge is 0.131 e. The summed E-state index contributed by atoms with van der Waals surface area (Å²) in [5, 5.41) is 0. The number of ether oxygens (including phenoxy) is 1. The summed E-state index contributed by atoms with van der Waals surface area (Å²) in [4.78, 5) is 0. The first-order chi connectivity index (χ1) is 6.20. The highest BCUT2D eigenvalue weighted by molar-refractivity contribution is 5.37. The van der Waals surface area contributed by atoms with E-state index in [9.17, 15) is 4.39 Å². The first-order valence-corrected chi connectivity index (χ1v) is 3.98. The first-order valence-electron chi connectivity index (χ1n) is 3.98. The third-order valence-corrected chi connectivity index (χ3v) is 1.86. The zero-order chi connectivity index (χ0) is 9.84. The van der Waals surface area contributed by atoms with Crippen LogP contribution in [0.15, 0.2) is 18.2 Å². The predicted octanol–water partition coefficient (Wildman–Crippen LogP) is 0.793. The lowest BCUT2D eigenvalue weighted by Crippen LogP contribution is -2.22. The second-order valence-corrected chi connectivity index (χ2v) is 2.70. The van der Waals surface area contributed by atoms with E-state index < -0.39 is 6.04 Å². The van der Waals surface area contributed by atoms with Crippen LogP contribution in [0, 0.1) is 5.82 Å². The highest BCUT2D eigenvalue weighted by atomic mass is 19.1. The van der Waals surface area contributed by atoms with Gasteiger partial charge in [-0.2, -0.15) is 0 Å². The van der Waals surface area contributed by atoms with Crippen molar-refractivity contribution in [2.24, 2.45) is 11.5 Å². The molecule has 0 bridgehead atoms. The lowest BCUT2D eigenvalue weighted by atomic mass is 10.1. The van der Waals surface area contributed by atoms with Crippen LogP contribution in [0.1, 0.15) is 11.6 Å². The Morgan fingerprint density at radius 1 is 1.54 bits per heavy atom. The van der Waals surface area contributed by atoms with Crippen LogP contribution in [0.2, 0.25) is 0 Å². The van der Waals surface area contributed by atoms with Crippen LogP contribution in [0.3, 0.4) is 0 Å². The number of rotatable bonds is 3. The third-order valence-electron chi connectivity index (χ3n) is 1.86. The minimum absolute atomic E-state index is 0.192. The monoisotopic (exact) mass is 184 g/mol. The zero-order valence-corrected chi connectivity index (χ0v) is 7.46. The van der Waals surface area contributed by atoms with Gasteiger partial charge >= 0.3 is 0 Å². The molecule has 13 heavy (non-hydrogen) atoms. The van der Waals surface area contributed by atoms with Gasteiger partial charge in [-0.05, 0) is 12.1 Å². The van der Waals surface area contributed by atoms with Crippen LogP contribution >= 0.6 is 0 Å². The maximum Gasteiger partial charge on any atom is 0.131 e. The molecule has 0 saturated carbocycles. The summed E-state index contributed by atoms with van der Waals surface area (Å²) in [6.07, 6.45) is 0. The molecule has 0 aliphatic carbocycles. The Labute approximate surface area is 76.5 Å². The van der Waals surface area contributed by atoms with Gasteiger partial charge in [-0.1, -0.05) is 6.07 Å². The van der Waals surface area contributed by atoms with Crippen LogP contribution in [0.5, 0.6) is 5.75 Å². The number of benzene rings is 1. The molecule has 1 rings (SSSR count). The van der Waals surface area contributed by atoms with Gasteiger partial charge in [0.1, 0.15) is 11.6 Å². The lowest BCUT2D eigenvalue weighted by molar-refractivity contribution is 0.399. The van der Waals surface area contributed by atoms with Crippen LogP contribution in [0.4, 0.5) is 4.39 Å². The van der Waals surface area contributed by atoms with Crippen LogP contribution in [-0.4, -0.2) is 13.7 Å². The largest absolute Gasteiger partial charge is 0.496 e. The highest BCUT2D eigenvalue weighted by Crippen LogP contribution is 2.25. The standard InChI is InChI=1S/C9H13FN2O/c1-13-8-4-2-3-6(10)9(8)7(12)5-11/h2-4,7H,5,11-12H2,1H3/t7-/m0/s1. The molecule has 0 aliphatic rings. The Morgan fingerprint density at radius 3 is 2.77 bits per heavy atom. The molecular formula is C9H13FN2O. The summed E-state index contributed by atoms with van der Waals surface area (Å²) in [6, 6.07) is 4.05. The number of nitrogens with two attached hydrogens (primary N) is 2. The van der Waals surface area contributed by atoms with E-state index in [1.807, 2.05) is 0 Å². The molecule has 0 aliphatic heterocycles.